The van der Waals surface area contributed by atoms with Gasteiger partial charge in [0.2, 0.25) is 11.8 Å². The van der Waals surface area contributed by atoms with Crippen molar-refractivity contribution >= 4 is 29.7 Å². The smallest absolute Gasteiger partial charge is 0.410 e. The topological polar surface area (TPSA) is 183 Å². The highest BCUT2D eigenvalue weighted by Gasteiger charge is 2.21. The van der Waals surface area contributed by atoms with Gasteiger partial charge in [-0.2, -0.15) is 0 Å². The van der Waals surface area contributed by atoms with Gasteiger partial charge in [-0.25, -0.2) is 9.59 Å². The molecule has 0 spiro atoms. The van der Waals surface area contributed by atoms with Crippen LogP contribution in [-0.2, 0) is 25.7 Å². The lowest BCUT2D eigenvalue weighted by molar-refractivity contribution is -0.120. The highest BCUT2D eigenvalue weighted by Crippen LogP contribution is 2.12. The predicted molar refractivity (Wildman–Crippen MR) is 131 cm³/mol. The lowest BCUT2D eigenvalue weighted by atomic mass is 10.1. The van der Waals surface area contributed by atoms with Gasteiger partial charge in [0.1, 0.15) is 12.2 Å². The van der Waals surface area contributed by atoms with Gasteiger partial charge in [0.05, 0.1) is 12.1 Å². The summed E-state index contributed by atoms with van der Waals surface area (Å²) >= 11 is 0. The summed E-state index contributed by atoms with van der Waals surface area (Å²) in [7, 11) is 3.17. The Morgan fingerprint density at radius 3 is 1.94 bits per heavy atom. The normalized spacial score (nSPS) is 12.8. The number of rotatable bonds is 11. The molecule has 12 heteroatoms. The number of ether oxygens (including phenoxy) is 2. The second kappa shape index (κ2) is 13.5. The Balaban J connectivity index is 2.43. The largest absolute Gasteiger partial charge is 0.445 e. The first-order chi connectivity index (χ1) is 16.2. The van der Waals surface area contributed by atoms with E-state index in [1.807, 2.05) is 0 Å². The highest BCUT2D eigenvalue weighted by atomic mass is 16.6. The van der Waals surface area contributed by atoms with Crippen molar-refractivity contribution in [3.63, 3.8) is 0 Å². The van der Waals surface area contributed by atoms with Gasteiger partial charge >= 0.3 is 12.2 Å². The first-order valence-electron chi connectivity index (χ1n) is 11.2. The minimum atomic E-state index is -0.847. The van der Waals surface area contributed by atoms with E-state index in [4.69, 9.17) is 26.7 Å². The third-order valence-electron chi connectivity index (χ3n) is 4.86. The molecule has 4 amide bonds. The molecule has 196 valence electrons. The molecule has 0 heterocycles. The molecule has 0 aliphatic carbocycles. The summed E-state index contributed by atoms with van der Waals surface area (Å²) in [5.74, 6) is -1.06. The van der Waals surface area contributed by atoms with Crippen molar-refractivity contribution in [2.24, 2.45) is 17.2 Å². The Morgan fingerprint density at radius 2 is 1.43 bits per heavy atom. The van der Waals surface area contributed by atoms with Crippen molar-refractivity contribution in [1.29, 1.82) is 0 Å². The number of hydrogen-bond donors (Lipinski definition) is 4. The second-order valence-corrected chi connectivity index (χ2v) is 9.26. The number of primary amides is 1. The predicted octanol–water partition coefficient (Wildman–Crippen LogP) is 0.981. The van der Waals surface area contributed by atoms with Gasteiger partial charge in [-0.1, -0.05) is 12.1 Å². The van der Waals surface area contributed by atoms with E-state index in [0.717, 1.165) is 0 Å². The number of benzene rings is 1. The second-order valence-electron chi connectivity index (χ2n) is 9.26. The fraction of sp³-hybridized carbons (Fsp3) is 0.565. The number of hydrogen-bond acceptors (Lipinski definition) is 8. The average molecular weight is 495 g/mol. The quantitative estimate of drug-likeness (QED) is 0.351. The monoisotopic (exact) mass is 494 g/mol. The van der Waals surface area contributed by atoms with Gasteiger partial charge in [-0.05, 0) is 51.3 Å². The molecule has 0 aliphatic rings. The first kappa shape index (κ1) is 29.7. The maximum absolute atomic E-state index is 12.2. The van der Waals surface area contributed by atoms with Crippen LogP contribution in [0.5, 0.6) is 0 Å². The van der Waals surface area contributed by atoms with Crippen molar-refractivity contribution < 1.29 is 28.7 Å². The Morgan fingerprint density at radius 1 is 0.914 bits per heavy atom. The van der Waals surface area contributed by atoms with Gasteiger partial charge in [-0.3, -0.25) is 9.59 Å². The molecule has 2 atom stereocenters. The molecular weight excluding hydrogens is 456 g/mol. The van der Waals surface area contributed by atoms with Crippen LogP contribution in [0.3, 0.4) is 0 Å². The van der Waals surface area contributed by atoms with E-state index in [-0.39, 0.29) is 32.5 Å². The molecule has 1 aromatic rings. The van der Waals surface area contributed by atoms with Gasteiger partial charge in [0, 0.05) is 32.9 Å². The summed E-state index contributed by atoms with van der Waals surface area (Å²) in [6.45, 7) is 5.92. The number of nitrogens with two attached hydrogens (primary N) is 3. The summed E-state index contributed by atoms with van der Waals surface area (Å²) in [5, 5.41) is 2.68. The zero-order valence-electron chi connectivity index (χ0n) is 21.1. The minimum Gasteiger partial charge on any atom is -0.445 e. The summed E-state index contributed by atoms with van der Waals surface area (Å²) < 4.78 is 10.6. The molecule has 0 radical (unpaired) electrons. The molecule has 1 rings (SSSR count). The standard InChI is InChI=1S/C23H38N6O6/c1-23(2,3)35-22(33)29(5)13-12-28(4)21(32)34-14-15-6-8-16(9-7-15)27-20(31)18(25)11-10-17(24)19(26)30/h6-9,17-18H,10-14,24-25H2,1-5H3,(H2,26,30)(H,27,31)/t17?,18-/m0/s1. The third-order valence-corrected chi connectivity index (χ3v) is 4.86. The van der Waals surface area contributed by atoms with E-state index in [0.29, 0.717) is 11.3 Å². The molecule has 1 unspecified atom stereocenters. The Kier molecular flexibility index (Phi) is 11.4. The molecule has 35 heavy (non-hydrogen) atoms. The fourth-order valence-electron chi connectivity index (χ4n) is 2.63. The number of nitrogens with zero attached hydrogens (tertiary/aromatic N) is 2. The molecular formula is C23H38N6O6. The summed E-state index contributed by atoms with van der Waals surface area (Å²) in [6, 6.07) is 5.03. The van der Waals surface area contributed by atoms with E-state index in [1.165, 1.54) is 9.80 Å². The maximum Gasteiger partial charge on any atom is 0.410 e. The number of anilines is 1. The Labute approximate surface area is 206 Å². The van der Waals surface area contributed by atoms with Crippen molar-refractivity contribution in [1.82, 2.24) is 9.80 Å². The average Bonchev–Trinajstić information content (AvgIpc) is 2.78. The summed E-state index contributed by atoms with van der Waals surface area (Å²) in [5.41, 5.74) is 17.1. The minimum absolute atomic E-state index is 0.0316. The first-order valence-corrected chi connectivity index (χ1v) is 11.2. The number of amides is 4. The molecule has 0 fully saturated rings. The number of carbonyl (C=O) groups is 4. The SMILES string of the molecule is CN(CCN(C)C(=O)OC(C)(C)C)C(=O)OCc1ccc(NC(=O)[C@@H](N)CCC(N)C(N)=O)cc1. The van der Waals surface area contributed by atoms with E-state index in [1.54, 1.807) is 59.1 Å². The zero-order chi connectivity index (χ0) is 26.8. The fourth-order valence-corrected chi connectivity index (χ4v) is 2.63. The van der Waals surface area contributed by atoms with Gasteiger partial charge in [0.15, 0.2) is 0 Å². The highest BCUT2D eigenvalue weighted by molar-refractivity contribution is 5.94. The van der Waals surface area contributed by atoms with Crippen molar-refractivity contribution in [3.05, 3.63) is 29.8 Å². The molecule has 1 aromatic carbocycles. The third kappa shape index (κ3) is 11.5. The molecule has 0 aromatic heterocycles. The van der Waals surface area contributed by atoms with Crippen LogP contribution in [-0.4, -0.2) is 78.7 Å². The van der Waals surface area contributed by atoms with Crippen LogP contribution in [0.1, 0.15) is 39.2 Å². The number of carbonyl (C=O) groups excluding carboxylic acids is 4. The molecule has 0 aliphatic heterocycles. The van der Waals surface area contributed by atoms with E-state index < -0.39 is 41.7 Å². The molecule has 0 saturated carbocycles. The lowest BCUT2D eigenvalue weighted by Gasteiger charge is -2.26. The summed E-state index contributed by atoms with van der Waals surface area (Å²) in [4.78, 5) is 50.1. The van der Waals surface area contributed by atoms with Gasteiger partial charge in [-0.15, -0.1) is 0 Å². The molecule has 0 bridgehead atoms. The lowest BCUT2D eigenvalue weighted by Crippen LogP contribution is -2.40. The van der Waals surface area contributed by atoms with Crippen molar-refractivity contribution in [2.45, 2.75) is 57.9 Å². The van der Waals surface area contributed by atoms with E-state index >= 15 is 0 Å². The maximum atomic E-state index is 12.2. The van der Waals surface area contributed by atoms with Crippen LogP contribution in [0.4, 0.5) is 15.3 Å². The Bertz CT molecular complexity index is 870. The van der Waals surface area contributed by atoms with Gasteiger partial charge in [0.25, 0.3) is 0 Å². The molecule has 12 nitrogen and oxygen atoms in total. The number of likely N-dealkylation sites (N-methyl/N-ethyl adjacent to an activating group) is 2. The Hall–Kier alpha value is -3.38. The zero-order valence-corrected chi connectivity index (χ0v) is 21.1. The van der Waals surface area contributed by atoms with Crippen LogP contribution in [0, 0.1) is 0 Å². The van der Waals surface area contributed by atoms with Crippen LogP contribution < -0.4 is 22.5 Å². The van der Waals surface area contributed by atoms with Crippen molar-refractivity contribution in [3.8, 4) is 0 Å². The van der Waals surface area contributed by atoms with Gasteiger partial charge < -0.3 is 41.8 Å². The number of nitrogens with one attached hydrogen (secondary N) is 1. The van der Waals surface area contributed by atoms with Crippen LogP contribution >= 0.6 is 0 Å². The van der Waals surface area contributed by atoms with Crippen LogP contribution in [0.15, 0.2) is 24.3 Å². The summed E-state index contributed by atoms with van der Waals surface area (Å²) in [6.07, 6.45) is -0.591. The van der Waals surface area contributed by atoms with Crippen LogP contribution in [0.2, 0.25) is 0 Å². The van der Waals surface area contributed by atoms with Crippen LogP contribution in [0.25, 0.3) is 0 Å². The van der Waals surface area contributed by atoms with E-state index in [2.05, 4.69) is 5.32 Å². The van der Waals surface area contributed by atoms with Crippen molar-refractivity contribution in [2.75, 3.05) is 32.5 Å². The molecule has 0 saturated heterocycles. The molecule has 7 N–H and O–H groups in total. The van der Waals surface area contributed by atoms with E-state index in [9.17, 15) is 19.2 Å².